The summed E-state index contributed by atoms with van der Waals surface area (Å²) in [4.78, 5) is 17.8. The first-order chi connectivity index (χ1) is 17.2. The number of hydrogen-bond donors (Lipinski definition) is 1. The van der Waals surface area contributed by atoms with Gasteiger partial charge in [0.15, 0.2) is 16.7 Å². The van der Waals surface area contributed by atoms with E-state index in [-0.39, 0.29) is 12.5 Å². The fraction of sp³-hybridized carbons (Fsp3) is 0.154. The van der Waals surface area contributed by atoms with Gasteiger partial charge in [0.1, 0.15) is 6.61 Å². The van der Waals surface area contributed by atoms with Gasteiger partial charge < -0.3 is 14.8 Å². The summed E-state index contributed by atoms with van der Waals surface area (Å²) in [6.45, 7) is 4.31. The highest BCUT2D eigenvalue weighted by molar-refractivity contribution is 9.13. The number of aryl methyl sites for hydroxylation is 1. The Morgan fingerprint density at radius 2 is 1.86 bits per heavy atom. The van der Waals surface area contributed by atoms with Gasteiger partial charge in [0, 0.05) is 4.47 Å². The standard InChI is InChI=1S/C26H20Br2Cl2N2O3S/c1-13-5-4-6-19(14(13)2)31-26-32-25(33)21(36-26)11-16-10-20(34-3)24(23(28)22(16)27)35-12-15-7-8-17(29)18(30)9-15/h4-11H,12H2,1-3H3,(H,31,32,33)/b21-11-. The monoisotopic (exact) mass is 668 g/mol. The van der Waals surface area contributed by atoms with Crippen molar-refractivity contribution < 1.29 is 14.3 Å². The van der Waals surface area contributed by atoms with E-state index in [1.54, 1.807) is 31.4 Å². The summed E-state index contributed by atoms with van der Waals surface area (Å²) in [5, 5.41) is 4.31. The lowest BCUT2D eigenvalue weighted by atomic mass is 10.1. The first kappa shape index (κ1) is 27.1. The molecule has 36 heavy (non-hydrogen) atoms. The van der Waals surface area contributed by atoms with Crippen molar-refractivity contribution in [1.82, 2.24) is 5.32 Å². The smallest absolute Gasteiger partial charge is 0.264 e. The van der Waals surface area contributed by atoms with Crippen LogP contribution in [0, 0.1) is 13.8 Å². The van der Waals surface area contributed by atoms with Gasteiger partial charge in [-0.2, -0.15) is 0 Å². The molecular formula is C26H20Br2Cl2N2O3S. The van der Waals surface area contributed by atoms with Crippen molar-refractivity contribution in [3.05, 3.63) is 88.6 Å². The number of carbonyl (C=O) groups is 1. The molecule has 4 rings (SSSR count). The van der Waals surface area contributed by atoms with Gasteiger partial charge in [0.05, 0.1) is 32.2 Å². The molecule has 1 aliphatic rings. The van der Waals surface area contributed by atoms with E-state index in [2.05, 4.69) is 42.2 Å². The van der Waals surface area contributed by atoms with Crippen molar-refractivity contribution >= 4 is 89.7 Å². The van der Waals surface area contributed by atoms with Gasteiger partial charge in [0.2, 0.25) is 0 Å². The van der Waals surface area contributed by atoms with Crippen LogP contribution in [0.15, 0.2) is 61.3 Å². The number of hydrogen-bond acceptors (Lipinski definition) is 5. The summed E-state index contributed by atoms with van der Waals surface area (Å²) >= 11 is 20.6. The molecule has 0 unspecified atom stereocenters. The summed E-state index contributed by atoms with van der Waals surface area (Å²) in [6.07, 6.45) is 1.78. The van der Waals surface area contributed by atoms with Gasteiger partial charge in [-0.25, -0.2) is 4.99 Å². The fourth-order valence-corrected chi connectivity index (χ4v) is 5.46. The third-order valence-electron chi connectivity index (χ3n) is 5.48. The molecule has 3 aromatic carbocycles. The number of amidine groups is 1. The molecule has 1 fully saturated rings. The molecule has 0 atom stereocenters. The van der Waals surface area contributed by atoms with Crippen molar-refractivity contribution in [3.63, 3.8) is 0 Å². The Bertz CT molecular complexity index is 1430. The van der Waals surface area contributed by atoms with Crippen LogP contribution in [-0.4, -0.2) is 18.2 Å². The number of nitrogens with zero attached hydrogens (tertiary/aromatic N) is 1. The molecule has 1 amide bonds. The molecule has 5 nitrogen and oxygen atoms in total. The fourth-order valence-electron chi connectivity index (χ4n) is 3.37. The van der Waals surface area contributed by atoms with Crippen molar-refractivity contribution in [2.45, 2.75) is 20.5 Å². The lowest BCUT2D eigenvalue weighted by Gasteiger charge is -2.16. The molecule has 1 heterocycles. The maximum absolute atomic E-state index is 12.7. The summed E-state index contributed by atoms with van der Waals surface area (Å²) in [5.74, 6) is 0.800. The summed E-state index contributed by atoms with van der Waals surface area (Å²) in [7, 11) is 1.56. The molecule has 1 N–H and O–H groups in total. The Kier molecular flexibility index (Phi) is 8.73. The van der Waals surface area contributed by atoms with Gasteiger partial charge in [-0.1, -0.05) is 41.4 Å². The zero-order valence-corrected chi connectivity index (χ0v) is 24.9. The molecular weight excluding hydrogens is 651 g/mol. The maximum atomic E-state index is 12.7. The predicted molar refractivity (Wildman–Crippen MR) is 156 cm³/mol. The largest absolute Gasteiger partial charge is 0.493 e. The van der Waals surface area contributed by atoms with E-state index in [9.17, 15) is 4.79 Å². The number of aliphatic imine (C=N–C) groups is 1. The minimum absolute atomic E-state index is 0.217. The normalized spacial score (nSPS) is 15.5. The highest BCUT2D eigenvalue weighted by Crippen LogP contribution is 2.44. The molecule has 0 aliphatic carbocycles. The number of carbonyl (C=O) groups excluding carboxylic acids is 1. The lowest BCUT2D eigenvalue weighted by molar-refractivity contribution is -0.115. The van der Waals surface area contributed by atoms with E-state index < -0.39 is 0 Å². The van der Waals surface area contributed by atoms with E-state index >= 15 is 0 Å². The number of thioether (sulfide) groups is 1. The van der Waals surface area contributed by atoms with E-state index in [0.29, 0.717) is 40.6 Å². The van der Waals surface area contributed by atoms with Crippen molar-refractivity contribution in [3.8, 4) is 11.5 Å². The lowest BCUT2D eigenvalue weighted by Crippen LogP contribution is -2.19. The van der Waals surface area contributed by atoms with Gasteiger partial charge in [-0.05, 0) is 110 Å². The molecule has 0 bridgehead atoms. The third kappa shape index (κ3) is 5.94. The first-order valence-corrected chi connectivity index (χ1v) is 13.8. The molecule has 1 saturated heterocycles. The van der Waals surface area contributed by atoms with Gasteiger partial charge in [-0.15, -0.1) is 0 Å². The van der Waals surface area contributed by atoms with E-state index in [4.69, 9.17) is 32.7 Å². The first-order valence-electron chi connectivity index (χ1n) is 10.7. The van der Waals surface area contributed by atoms with Crippen LogP contribution in [0.2, 0.25) is 10.0 Å². The number of nitrogens with one attached hydrogen (secondary N) is 1. The van der Waals surface area contributed by atoms with Crippen molar-refractivity contribution in [2.24, 2.45) is 4.99 Å². The predicted octanol–water partition coefficient (Wildman–Crippen LogP) is 8.61. The number of amides is 1. The molecule has 10 heteroatoms. The second-order valence-corrected chi connectivity index (χ2v) is 11.3. The van der Waals surface area contributed by atoms with E-state index in [1.165, 1.54) is 11.8 Å². The zero-order valence-electron chi connectivity index (χ0n) is 19.4. The maximum Gasteiger partial charge on any atom is 0.264 e. The van der Waals surface area contributed by atoms with Gasteiger partial charge >= 0.3 is 0 Å². The highest BCUT2D eigenvalue weighted by Gasteiger charge is 2.25. The molecule has 1 aliphatic heterocycles. The summed E-state index contributed by atoms with van der Waals surface area (Å²) in [6, 6.07) is 13.0. The van der Waals surface area contributed by atoms with Crippen LogP contribution < -0.4 is 14.8 Å². The van der Waals surface area contributed by atoms with Crippen LogP contribution in [0.5, 0.6) is 11.5 Å². The molecule has 0 saturated carbocycles. The number of rotatable bonds is 6. The topological polar surface area (TPSA) is 59.9 Å². The van der Waals surface area contributed by atoms with Crippen LogP contribution in [0.25, 0.3) is 6.08 Å². The van der Waals surface area contributed by atoms with Crippen LogP contribution in [0.1, 0.15) is 22.3 Å². The Labute approximate surface area is 240 Å². The Morgan fingerprint density at radius 1 is 1.08 bits per heavy atom. The quantitative estimate of drug-likeness (QED) is 0.267. The van der Waals surface area contributed by atoms with Crippen molar-refractivity contribution in [2.75, 3.05) is 7.11 Å². The molecule has 186 valence electrons. The van der Waals surface area contributed by atoms with E-state index in [0.717, 1.165) is 27.9 Å². The number of methoxy groups -OCH3 is 1. The zero-order chi connectivity index (χ0) is 26.0. The van der Waals surface area contributed by atoms with Crippen molar-refractivity contribution in [1.29, 1.82) is 0 Å². The number of halogens is 4. The Morgan fingerprint density at radius 3 is 2.58 bits per heavy atom. The minimum Gasteiger partial charge on any atom is -0.493 e. The third-order valence-corrected chi connectivity index (χ3v) is 9.27. The minimum atomic E-state index is -0.217. The summed E-state index contributed by atoms with van der Waals surface area (Å²) < 4.78 is 13.0. The Hall–Kier alpha value is -1.97. The molecule has 0 radical (unpaired) electrons. The van der Waals surface area contributed by atoms with Crippen LogP contribution in [0.4, 0.5) is 5.69 Å². The molecule has 0 spiro atoms. The number of benzene rings is 3. The summed E-state index contributed by atoms with van der Waals surface area (Å²) in [5.41, 5.74) is 4.64. The second kappa shape index (κ2) is 11.6. The highest BCUT2D eigenvalue weighted by atomic mass is 79.9. The van der Waals surface area contributed by atoms with E-state index in [1.807, 2.05) is 38.1 Å². The average Bonchev–Trinajstić information content (AvgIpc) is 3.19. The van der Waals surface area contributed by atoms with Crippen LogP contribution in [-0.2, 0) is 11.4 Å². The number of ether oxygens (including phenoxy) is 2. The van der Waals surface area contributed by atoms with Gasteiger partial charge in [-0.3, -0.25) is 4.79 Å². The molecule has 3 aromatic rings. The van der Waals surface area contributed by atoms with Crippen LogP contribution in [0.3, 0.4) is 0 Å². The Balaban J connectivity index is 1.60. The SMILES string of the molecule is COc1cc(/C=C2\SC(=Nc3cccc(C)c3C)NC2=O)c(Br)c(Br)c1OCc1ccc(Cl)c(Cl)c1. The van der Waals surface area contributed by atoms with Crippen LogP contribution >= 0.6 is 66.8 Å². The second-order valence-electron chi connectivity index (χ2n) is 7.86. The average molecular weight is 671 g/mol. The van der Waals surface area contributed by atoms with Gasteiger partial charge in [0.25, 0.3) is 5.91 Å². The molecule has 0 aromatic heterocycles.